The molecular formula is C47H31N3. The Bertz CT molecular complexity index is 2620. The van der Waals surface area contributed by atoms with Crippen LogP contribution in [0.2, 0.25) is 0 Å². The Morgan fingerprint density at radius 2 is 0.720 bits per heavy atom. The van der Waals surface area contributed by atoms with E-state index in [1.54, 1.807) is 0 Å². The van der Waals surface area contributed by atoms with Crippen molar-refractivity contribution in [2.24, 2.45) is 0 Å². The summed E-state index contributed by atoms with van der Waals surface area (Å²) in [5.74, 6) is 1.92. The van der Waals surface area contributed by atoms with Crippen molar-refractivity contribution in [1.29, 1.82) is 0 Å². The molecule has 0 amide bonds. The molecule has 0 saturated carbocycles. The lowest BCUT2D eigenvalue weighted by Crippen LogP contribution is -2.01. The normalized spacial score (nSPS) is 11.2. The SMILES string of the molecule is c1ccc(-c2ccc3cc(-c4nc(-c5ccc(-c6cccc7ccccc67)cc5)nc(-c5ccccc5-c5ccccc5)n4)ccc3c2)cc1. The number of nitrogens with zero attached hydrogens (tertiary/aromatic N) is 3. The summed E-state index contributed by atoms with van der Waals surface area (Å²) in [6.45, 7) is 0. The van der Waals surface area contributed by atoms with Crippen molar-refractivity contribution in [3.63, 3.8) is 0 Å². The van der Waals surface area contributed by atoms with Gasteiger partial charge in [-0.3, -0.25) is 0 Å². The topological polar surface area (TPSA) is 38.7 Å². The summed E-state index contributed by atoms with van der Waals surface area (Å²) in [6.07, 6.45) is 0. The van der Waals surface area contributed by atoms with E-state index in [9.17, 15) is 0 Å². The zero-order valence-electron chi connectivity index (χ0n) is 27.2. The van der Waals surface area contributed by atoms with Gasteiger partial charge in [0.2, 0.25) is 0 Å². The van der Waals surface area contributed by atoms with Crippen LogP contribution in [0.1, 0.15) is 0 Å². The molecular weight excluding hydrogens is 607 g/mol. The first-order valence-electron chi connectivity index (χ1n) is 16.9. The van der Waals surface area contributed by atoms with Crippen LogP contribution in [0.5, 0.6) is 0 Å². The third-order valence-electron chi connectivity index (χ3n) is 9.34. The fraction of sp³-hybridized carbons (Fsp3) is 0. The van der Waals surface area contributed by atoms with E-state index in [4.69, 9.17) is 15.0 Å². The maximum atomic E-state index is 5.13. The van der Waals surface area contributed by atoms with Crippen molar-refractivity contribution < 1.29 is 0 Å². The van der Waals surface area contributed by atoms with Gasteiger partial charge in [0.05, 0.1) is 0 Å². The number of benzene rings is 8. The maximum Gasteiger partial charge on any atom is 0.164 e. The van der Waals surface area contributed by atoms with Crippen molar-refractivity contribution in [2.45, 2.75) is 0 Å². The molecule has 0 spiro atoms. The highest BCUT2D eigenvalue weighted by Gasteiger charge is 2.16. The average molecular weight is 638 g/mol. The largest absolute Gasteiger partial charge is 0.208 e. The molecule has 0 fully saturated rings. The Kier molecular flexibility index (Phi) is 7.49. The third-order valence-corrected chi connectivity index (χ3v) is 9.34. The van der Waals surface area contributed by atoms with E-state index in [1.807, 2.05) is 18.2 Å². The Balaban J connectivity index is 1.17. The summed E-state index contributed by atoms with van der Waals surface area (Å²) in [6, 6.07) is 65.8. The number of rotatable bonds is 6. The number of fused-ring (bicyclic) bond motifs is 2. The minimum absolute atomic E-state index is 0.636. The van der Waals surface area contributed by atoms with Gasteiger partial charge < -0.3 is 0 Å². The Morgan fingerprint density at radius 3 is 1.48 bits per heavy atom. The Morgan fingerprint density at radius 1 is 0.240 bits per heavy atom. The predicted octanol–water partition coefficient (Wildman–Crippen LogP) is 12.2. The van der Waals surface area contributed by atoms with Crippen LogP contribution in [0.3, 0.4) is 0 Å². The van der Waals surface area contributed by atoms with E-state index in [1.165, 1.54) is 32.8 Å². The molecule has 234 valence electrons. The number of hydrogen-bond donors (Lipinski definition) is 0. The highest BCUT2D eigenvalue weighted by Crippen LogP contribution is 2.35. The van der Waals surface area contributed by atoms with Gasteiger partial charge in [0.1, 0.15) is 0 Å². The fourth-order valence-corrected chi connectivity index (χ4v) is 6.77. The summed E-state index contributed by atoms with van der Waals surface area (Å²) in [5, 5.41) is 4.76. The van der Waals surface area contributed by atoms with Crippen molar-refractivity contribution in [2.75, 3.05) is 0 Å². The third kappa shape index (κ3) is 5.61. The first-order chi connectivity index (χ1) is 24.8. The zero-order chi connectivity index (χ0) is 33.3. The van der Waals surface area contributed by atoms with Gasteiger partial charge in [-0.2, -0.15) is 0 Å². The van der Waals surface area contributed by atoms with Crippen LogP contribution in [0.4, 0.5) is 0 Å². The highest BCUT2D eigenvalue weighted by molar-refractivity contribution is 5.97. The second kappa shape index (κ2) is 12.7. The molecule has 8 aromatic carbocycles. The summed E-state index contributed by atoms with van der Waals surface area (Å²) in [7, 11) is 0. The van der Waals surface area contributed by atoms with Crippen molar-refractivity contribution in [3.8, 4) is 67.5 Å². The molecule has 0 saturated heterocycles. The molecule has 9 aromatic rings. The monoisotopic (exact) mass is 637 g/mol. The molecule has 0 unspecified atom stereocenters. The standard InChI is InChI=1S/C47H31N3/c1-3-12-32(13-4-1)37-26-27-39-31-40(29-28-38(39)30-37)46-48-45(49-47(50-46)44-20-10-9-19-43(44)33-14-5-2-6-15-33)36-24-22-35(23-25-36)42-21-11-17-34-16-7-8-18-41(34)42/h1-31H. The summed E-state index contributed by atoms with van der Waals surface area (Å²) >= 11 is 0. The van der Waals surface area contributed by atoms with Gasteiger partial charge in [0.25, 0.3) is 0 Å². The molecule has 1 heterocycles. The lowest BCUT2D eigenvalue weighted by molar-refractivity contribution is 1.07. The van der Waals surface area contributed by atoms with E-state index < -0.39 is 0 Å². The second-order valence-electron chi connectivity index (χ2n) is 12.5. The summed E-state index contributed by atoms with van der Waals surface area (Å²) in [5.41, 5.74) is 9.79. The maximum absolute atomic E-state index is 5.13. The van der Waals surface area contributed by atoms with Gasteiger partial charge in [-0.05, 0) is 67.1 Å². The Labute approximate surface area is 291 Å². The van der Waals surface area contributed by atoms with Crippen molar-refractivity contribution in [1.82, 2.24) is 15.0 Å². The molecule has 1 aromatic heterocycles. The van der Waals surface area contributed by atoms with Crippen LogP contribution in [0, 0.1) is 0 Å². The van der Waals surface area contributed by atoms with E-state index in [-0.39, 0.29) is 0 Å². The van der Waals surface area contributed by atoms with Crippen molar-refractivity contribution in [3.05, 3.63) is 188 Å². The molecule has 0 aliphatic heterocycles. The molecule has 9 rings (SSSR count). The van der Waals surface area contributed by atoms with E-state index >= 15 is 0 Å². The van der Waals surface area contributed by atoms with Gasteiger partial charge >= 0.3 is 0 Å². The van der Waals surface area contributed by atoms with Gasteiger partial charge in [-0.25, -0.2) is 15.0 Å². The molecule has 0 radical (unpaired) electrons. The molecule has 0 N–H and O–H groups in total. The average Bonchev–Trinajstić information content (AvgIpc) is 3.21. The van der Waals surface area contributed by atoms with Crippen LogP contribution in [0.15, 0.2) is 188 Å². The van der Waals surface area contributed by atoms with Crippen LogP contribution in [0.25, 0.3) is 89.1 Å². The molecule has 0 bridgehead atoms. The fourth-order valence-electron chi connectivity index (χ4n) is 6.77. The van der Waals surface area contributed by atoms with Crippen LogP contribution in [-0.2, 0) is 0 Å². The molecule has 0 atom stereocenters. The minimum atomic E-state index is 0.636. The smallest absolute Gasteiger partial charge is 0.164 e. The van der Waals surface area contributed by atoms with E-state index in [0.717, 1.165) is 38.8 Å². The lowest BCUT2D eigenvalue weighted by atomic mass is 9.97. The Hall–Kier alpha value is -6.71. The molecule has 50 heavy (non-hydrogen) atoms. The summed E-state index contributed by atoms with van der Waals surface area (Å²) in [4.78, 5) is 15.4. The number of aromatic nitrogens is 3. The number of hydrogen-bond acceptors (Lipinski definition) is 3. The molecule has 0 aliphatic carbocycles. The van der Waals surface area contributed by atoms with Crippen LogP contribution in [-0.4, -0.2) is 15.0 Å². The van der Waals surface area contributed by atoms with Crippen LogP contribution >= 0.6 is 0 Å². The van der Waals surface area contributed by atoms with Gasteiger partial charge in [0, 0.05) is 16.7 Å². The quantitative estimate of drug-likeness (QED) is 0.182. The van der Waals surface area contributed by atoms with E-state index in [2.05, 4.69) is 170 Å². The van der Waals surface area contributed by atoms with Gasteiger partial charge in [-0.15, -0.1) is 0 Å². The molecule has 3 nitrogen and oxygen atoms in total. The first kappa shape index (κ1) is 29.4. The highest BCUT2D eigenvalue weighted by atomic mass is 15.0. The zero-order valence-corrected chi connectivity index (χ0v) is 27.2. The predicted molar refractivity (Wildman–Crippen MR) is 207 cm³/mol. The molecule has 0 aliphatic rings. The molecule has 3 heteroatoms. The second-order valence-corrected chi connectivity index (χ2v) is 12.5. The van der Waals surface area contributed by atoms with Crippen molar-refractivity contribution >= 4 is 21.5 Å². The van der Waals surface area contributed by atoms with Crippen LogP contribution < -0.4 is 0 Å². The van der Waals surface area contributed by atoms with Gasteiger partial charge in [0.15, 0.2) is 17.5 Å². The lowest BCUT2D eigenvalue weighted by Gasteiger charge is -2.13. The minimum Gasteiger partial charge on any atom is -0.208 e. The summed E-state index contributed by atoms with van der Waals surface area (Å²) < 4.78 is 0. The van der Waals surface area contributed by atoms with Gasteiger partial charge in [-0.1, -0.05) is 176 Å². The first-order valence-corrected chi connectivity index (χ1v) is 16.9. The van der Waals surface area contributed by atoms with E-state index in [0.29, 0.717) is 17.5 Å².